The largest absolute Gasteiger partial charge is 0.381 e. The van der Waals surface area contributed by atoms with Gasteiger partial charge < -0.3 is 4.74 Å². The lowest BCUT2D eigenvalue weighted by molar-refractivity contribution is 0.198. The van der Waals surface area contributed by atoms with Crippen molar-refractivity contribution in [3.8, 4) is 0 Å². The molecule has 0 aromatic heterocycles. The zero-order valence-electron chi connectivity index (χ0n) is 13.6. The van der Waals surface area contributed by atoms with Crippen LogP contribution in [0.1, 0.15) is 70.4 Å². The third-order valence-electron chi connectivity index (χ3n) is 3.43. The van der Waals surface area contributed by atoms with E-state index in [0.717, 1.165) is 13.2 Å². The highest BCUT2D eigenvalue weighted by Crippen LogP contribution is 2.34. The average molecular weight is 275 g/mol. The van der Waals surface area contributed by atoms with Gasteiger partial charge in [-0.1, -0.05) is 45.9 Å². The van der Waals surface area contributed by atoms with Crippen LogP contribution in [0.2, 0.25) is 0 Å². The Labute approximate surface area is 124 Å². The molecule has 2 nitrogen and oxygen atoms in total. The molecule has 1 aliphatic heterocycles. The van der Waals surface area contributed by atoms with Crippen molar-refractivity contribution in [1.82, 2.24) is 0 Å². The molecule has 1 fully saturated rings. The summed E-state index contributed by atoms with van der Waals surface area (Å²) in [5.74, 6) is 1.06. The van der Waals surface area contributed by atoms with E-state index >= 15 is 0 Å². The lowest BCUT2D eigenvalue weighted by Gasteiger charge is -2.15. The molecule has 1 aromatic rings. The first-order chi connectivity index (χ1) is 9.57. The first-order valence-corrected chi connectivity index (χ1v) is 7.77. The number of aliphatic imine (C=N–C) groups is 1. The summed E-state index contributed by atoms with van der Waals surface area (Å²) in [6.07, 6.45) is 4.44. The molecular formula is C18H29NO. The predicted octanol–water partition coefficient (Wildman–Crippen LogP) is 5.45. The fourth-order valence-electron chi connectivity index (χ4n) is 2.30. The lowest BCUT2D eigenvalue weighted by Crippen LogP contribution is -1.95. The Balaban J connectivity index is 0.000000333. The molecule has 20 heavy (non-hydrogen) atoms. The highest BCUT2D eigenvalue weighted by molar-refractivity contribution is 5.66. The summed E-state index contributed by atoms with van der Waals surface area (Å²) in [6, 6.07) is 6.50. The van der Waals surface area contributed by atoms with Crippen molar-refractivity contribution < 1.29 is 4.74 Å². The first-order valence-electron chi connectivity index (χ1n) is 7.77. The normalized spacial score (nSPS) is 14.9. The lowest BCUT2D eigenvalue weighted by atomic mass is 9.93. The Morgan fingerprint density at radius 2 is 1.50 bits per heavy atom. The molecule has 0 N–H and O–H groups in total. The number of nitrogens with zero attached hydrogens (tertiary/aromatic N) is 1. The van der Waals surface area contributed by atoms with E-state index < -0.39 is 0 Å². The van der Waals surface area contributed by atoms with Gasteiger partial charge in [0.1, 0.15) is 0 Å². The maximum absolute atomic E-state index is 4.94. The van der Waals surface area contributed by atoms with Crippen LogP contribution in [0.3, 0.4) is 0 Å². The van der Waals surface area contributed by atoms with Gasteiger partial charge in [-0.15, -0.1) is 0 Å². The molecule has 2 heteroatoms. The molecule has 0 spiro atoms. The summed E-state index contributed by atoms with van der Waals surface area (Å²) in [5.41, 5.74) is 3.86. The zero-order valence-corrected chi connectivity index (χ0v) is 13.6. The summed E-state index contributed by atoms with van der Waals surface area (Å²) in [6.45, 7) is 12.8. The Kier molecular flexibility index (Phi) is 7.53. The Morgan fingerprint density at radius 3 is 1.80 bits per heavy atom. The van der Waals surface area contributed by atoms with E-state index in [0.29, 0.717) is 11.8 Å². The van der Waals surface area contributed by atoms with E-state index in [2.05, 4.69) is 50.9 Å². The zero-order chi connectivity index (χ0) is 15.0. The number of hydrogen-bond donors (Lipinski definition) is 0. The van der Waals surface area contributed by atoms with Crippen molar-refractivity contribution in [2.24, 2.45) is 4.99 Å². The second kappa shape index (κ2) is 8.91. The standard InChI is InChI=1S/C14H21N.C4H8O/c1-6-15-14-12(10(2)3)8-7-9-13(14)11(4)5;1-2-4-5-3-1/h6-11H,1-5H3;1-4H2. The summed E-state index contributed by atoms with van der Waals surface area (Å²) < 4.78 is 4.94. The minimum Gasteiger partial charge on any atom is -0.381 e. The summed E-state index contributed by atoms with van der Waals surface area (Å²) in [4.78, 5) is 4.52. The third kappa shape index (κ3) is 5.09. The van der Waals surface area contributed by atoms with Gasteiger partial charge in [-0.2, -0.15) is 0 Å². The molecule has 0 unspecified atom stereocenters. The molecule has 1 heterocycles. The van der Waals surface area contributed by atoms with Gasteiger partial charge in [0.05, 0.1) is 5.69 Å². The van der Waals surface area contributed by atoms with E-state index in [1.165, 1.54) is 29.7 Å². The Hall–Kier alpha value is -1.15. The molecule has 0 aliphatic carbocycles. The van der Waals surface area contributed by atoms with Gasteiger partial charge in [-0.3, -0.25) is 4.99 Å². The number of para-hydroxylation sites is 1. The SMILES string of the molecule is C1CCOC1.CC=Nc1c(C(C)C)cccc1C(C)C. The van der Waals surface area contributed by atoms with E-state index in [1.807, 2.05) is 13.1 Å². The third-order valence-corrected chi connectivity index (χ3v) is 3.43. The highest BCUT2D eigenvalue weighted by Gasteiger charge is 2.11. The molecule has 112 valence electrons. The van der Waals surface area contributed by atoms with Gasteiger partial charge >= 0.3 is 0 Å². The van der Waals surface area contributed by atoms with Crippen LogP contribution in [0.5, 0.6) is 0 Å². The molecular weight excluding hydrogens is 246 g/mol. The van der Waals surface area contributed by atoms with Crippen molar-refractivity contribution in [3.05, 3.63) is 29.3 Å². The fourth-order valence-corrected chi connectivity index (χ4v) is 2.30. The minimum absolute atomic E-state index is 0.530. The van der Waals surface area contributed by atoms with Crippen LogP contribution < -0.4 is 0 Å². The van der Waals surface area contributed by atoms with Crippen LogP contribution in [0.25, 0.3) is 0 Å². The Bertz CT molecular complexity index is 384. The van der Waals surface area contributed by atoms with Crippen LogP contribution in [0, 0.1) is 0 Å². The maximum Gasteiger partial charge on any atom is 0.0694 e. The van der Waals surface area contributed by atoms with Crippen molar-refractivity contribution >= 4 is 11.9 Å². The number of benzene rings is 1. The number of hydrogen-bond acceptors (Lipinski definition) is 2. The topological polar surface area (TPSA) is 21.6 Å². The monoisotopic (exact) mass is 275 g/mol. The van der Waals surface area contributed by atoms with Crippen LogP contribution in [0.4, 0.5) is 5.69 Å². The second-order valence-electron chi connectivity index (χ2n) is 5.80. The summed E-state index contributed by atoms with van der Waals surface area (Å²) >= 11 is 0. The quantitative estimate of drug-likeness (QED) is 0.672. The van der Waals surface area contributed by atoms with E-state index in [4.69, 9.17) is 4.74 Å². The minimum atomic E-state index is 0.530. The first kappa shape index (κ1) is 16.9. The van der Waals surface area contributed by atoms with Crippen LogP contribution in [-0.4, -0.2) is 19.4 Å². The van der Waals surface area contributed by atoms with Gasteiger partial charge in [0.15, 0.2) is 0 Å². The van der Waals surface area contributed by atoms with Gasteiger partial charge in [0, 0.05) is 19.4 Å². The molecule has 0 atom stereocenters. The molecule has 0 radical (unpaired) electrons. The summed E-state index contributed by atoms with van der Waals surface area (Å²) in [5, 5.41) is 0. The Morgan fingerprint density at radius 1 is 1.00 bits per heavy atom. The molecule has 2 rings (SSSR count). The van der Waals surface area contributed by atoms with Crippen molar-refractivity contribution in [1.29, 1.82) is 0 Å². The second-order valence-corrected chi connectivity index (χ2v) is 5.80. The highest BCUT2D eigenvalue weighted by atomic mass is 16.5. The molecule has 1 aromatic carbocycles. The van der Waals surface area contributed by atoms with Crippen LogP contribution >= 0.6 is 0 Å². The van der Waals surface area contributed by atoms with Crippen LogP contribution in [0.15, 0.2) is 23.2 Å². The average Bonchev–Trinajstić information content (AvgIpc) is 2.97. The van der Waals surface area contributed by atoms with Crippen molar-refractivity contribution in [2.45, 2.75) is 59.3 Å². The smallest absolute Gasteiger partial charge is 0.0694 e. The van der Waals surface area contributed by atoms with Gasteiger partial charge in [-0.25, -0.2) is 0 Å². The van der Waals surface area contributed by atoms with Gasteiger partial charge in [-0.05, 0) is 42.7 Å². The van der Waals surface area contributed by atoms with E-state index in [-0.39, 0.29) is 0 Å². The maximum atomic E-state index is 4.94. The van der Waals surface area contributed by atoms with Gasteiger partial charge in [0.2, 0.25) is 0 Å². The fraction of sp³-hybridized carbons (Fsp3) is 0.611. The van der Waals surface area contributed by atoms with Gasteiger partial charge in [0.25, 0.3) is 0 Å². The summed E-state index contributed by atoms with van der Waals surface area (Å²) in [7, 11) is 0. The molecule has 0 saturated carbocycles. The van der Waals surface area contributed by atoms with E-state index in [9.17, 15) is 0 Å². The number of ether oxygens (including phenoxy) is 1. The predicted molar refractivity (Wildman–Crippen MR) is 88.5 cm³/mol. The molecule has 0 bridgehead atoms. The van der Waals surface area contributed by atoms with E-state index in [1.54, 1.807) is 0 Å². The van der Waals surface area contributed by atoms with Crippen LogP contribution in [-0.2, 0) is 4.74 Å². The molecule has 0 amide bonds. The molecule has 1 saturated heterocycles. The molecule has 1 aliphatic rings. The number of rotatable bonds is 3. The van der Waals surface area contributed by atoms with Crippen molar-refractivity contribution in [2.75, 3.05) is 13.2 Å². The van der Waals surface area contributed by atoms with Crippen molar-refractivity contribution in [3.63, 3.8) is 0 Å².